The fourth-order valence-corrected chi connectivity index (χ4v) is 2.90. The molecule has 8 heteroatoms. The van der Waals surface area contributed by atoms with Crippen molar-refractivity contribution in [1.82, 2.24) is 20.1 Å². The molecule has 0 spiro atoms. The molecule has 138 valence electrons. The molecule has 1 N–H and O–H groups in total. The lowest BCUT2D eigenvalue weighted by atomic mass is 10.0. The van der Waals surface area contributed by atoms with Crippen LogP contribution in [0, 0.1) is 5.82 Å². The Labute approximate surface area is 151 Å². The number of aromatic nitrogens is 3. The van der Waals surface area contributed by atoms with Gasteiger partial charge in [-0.3, -0.25) is 9.67 Å². The smallest absolute Gasteiger partial charge is 0.266 e. The summed E-state index contributed by atoms with van der Waals surface area (Å²) in [4.78, 5) is 4.30. The normalized spacial score (nSPS) is 16.6. The van der Waals surface area contributed by atoms with Gasteiger partial charge in [0.2, 0.25) is 0 Å². The van der Waals surface area contributed by atoms with E-state index in [9.17, 15) is 17.6 Å². The number of fused-ring (bicyclic) bond motifs is 1. The summed E-state index contributed by atoms with van der Waals surface area (Å²) in [6.07, 6.45) is 3.65. The molecule has 1 aromatic carbocycles. The Morgan fingerprint density at radius 2 is 2.00 bits per heavy atom. The van der Waals surface area contributed by atoms with Crippen molar-refractivity contribution in [2.45, 2.75) is 19.3 Å². The first kappa shape index (κ1) is 17.3. The highest BCUT2D eigenvalue weighted by atomic mass is 19.3. The molecule has 0 saturated heterocycles. The van der Waals surface area contributed by atoms with Crippen molar-refractivity contribution in [3.63, 3.8) is 0 Å². The maximum absolute atomic E-state index is 13.5. The number of benzene rings is 1. The fraction of sp³-hybridized carbons (Fsp3) is 0.158. The lowest BCUT2D eigenvalue weighted by Crippen LogP contribution is -2.20. The van der Waals surface area contributed by atoms with Gasteiger partial charge < -0.3 is 5.32 Å². The molecule has 0 bridgehead atoms. The molecule has 3 aromatic rings. The molecular weight excluding hydrogens is 360 g/mol. The highest BCUT2D eigenvalue weighted by molar-refractivity contribution is 5.80. The second kappa shape index (κ2) is 6.86. The number of hydrogen-bond acceptors (Lipinski definition) is 3. The first-order valence-corrected chi connectivity index (χ1v) is 8.18. The van der Waals surface area contributed by atoms with Crippen molar-refractivity contribution in [3.05, 3.63) is 72.0 Å². The fourth-order valence-electron chi connectivity index (χ4n) is 2.90. The van der Waals surface area contributed by atoms with Gasteiger partial charge in [-0.05, 0) is 35.4 Å². The number of dihydropyridines is 1. The van der Waals surface area contributed by atoms with Crippen LogP contribution in [0.15, 0.2) is 60.6 Å². The minimum Gasteiger partial charge on any atom is -0.359 e. The molecule has 3 heterocycles. The summed E-state index contributed by atoms with van der Waals surface area (Å²) in [5.41, 5.74) is 2.50. The van der Waals surface area contributed by atoms with E-state index in [4.69, 9.17) is 0 Å². The molecule has 1 unspecified atom stereocenters. The van der Waals surface area contributed by atoms with Crippen molar-refractivity contribution in [1.29, 1.82) is 0 Å². The third-order valence-electron chi connectivity index (χ3n) is 4.30. The molecular formula is C19H14F4N4. The van der Waals surface area contributed by atoms with E-state index < -0.39 is 24.1 Å². The summed E-state index contributed by atoms with van der Waals surface area (Å²) in [6.45, 7) is 0.385. The summed E-state index contributed by atoms with van der Waals surface area (Å²) in [5.74, 6) is -0.942. The molecule has 0 aliphatic carbocycles. The van der Waals surface area contributed by atoms with Crippen LogP contribution in [-0.4, -0.2) is 21.1 Å². The average molecular weight is 374 g/mol. The number of pyridine rings is 1. The third kappa shape index (κ3) is 3.42. The quantitative estimate of drug-likeness (QED) is 0.540. The predicted molar refractivity (Wildman–Crippen MR) is 93.1 cm³/mol. The Balaban J connectivity index is 1.70. The van der Waals surface area contributed by atoms with Crippen LogP contribution in [0.25, 0.3) is 22.2 Å². The van der Waals surface area contributed by atoms with Crippen molar-refractivity contribution in [2.75, 3.05) is 0 Å². The van der Waals surface area contributed by atoms with Gasteiger partial charge in [0.25, 0.3) is 6.43 Å². The van der Waals surface area contributed by atoms with Crippen molar-refractivity contribution >= 4 is 11.0 Å². The van der Waals surface area contributed by atoms with E-state index in [-0.39, 0.29) is 0 Å². The Hall–Kier alpha value is -3.16. The first-order chi connectivity index (χ1) is 13.0. The molecule has 4 nitrogen and oxygen atoms in total. The van der Waals surface area contributed by atoms with E-state index in [0.717, 1.165) is 17.7 Å². The largest absolute Gasteiger partial charge is 0.359 e. The monoisotopic (exact) mass is 374 g/mol. The Kier molecular flexibility index (Phi) is 4.39. The standard InChI is InChI=1S/C19H14F4N4/c20-15-3-2-12(5-14(15)19(22)23)13-6-17-16(24-8-13)9-26-27(17)10-11-1-4-18(21)25-7-11/h1-9,18-19,25H,10H2. The van der Waals surface area contributed by atoms with Crippen LogP contribution in [0.3, 0.4) is 0 Å². The molecule has 0 saturated carbocycles. The van der Waals surface area contributed by atoms with Gasteiger partial charge in [-0.2, -0.15) is 5.10 Å². The van der Waals surface area contributed by atoms with Crippen LogP contribution >= 0.6 is 0 Å². The second-order valence-electron chi connectivity index (χ2n) is 6.11. The summed E-state index contributed by atoms with van der Waals surface area (Å²) < 4.78 is 54.2. The molecule has 0 radical (unpaired) electrons. The SMILES string of the molecule is Fc1ccc(-c2cnc3cnn(CC4=CNC(F)C=C4)c3c2)cc1C(F)F. The van der Waals surface area contributed by atoms with E-state index in [1.807, 2.05) is 0 Å². The molecule has 2 aromatic heterocycles. The van der Waals surface area contributed by atoms with Gasteiger partial charge in [0.05, 0.1) is 23.8 Å². The van der Waals surface area contributed by atoms with E-state index >= 15 is 0 Å². The predicted octanol–water partition coefficient (Wildman–Crippen LogP) is 4.51. The van der Waals surface area contributed by atoms with Gasteiger partial charge in [-0.1, -0.05) is 12.1 Å². The van der Waals surface area contributed by atoms with Crippen molar-refractivity contribution < 1.29 is 17.6 Å². The number of nitrogens with one attached hydrogen (secondary N) is 1. The van der Waals surface area contributed by atoms with E-state index in [2.05, 4.69) is 15.4 Å². The van der Waals surface area contributed by atoms with Gasteiger partial charge in [-0.25, -0.2) is 17.6 Å². The zero-order valence-corrected chi connectivity index (χ0v) is 13.9. The number of nitrogens with zero attached hydrogens (tertiary/aromatic N) is 3. The minimum absolute atomic E-state index is 0.385. The van der Waals surface area contributed by atoms with Gasteiger partial charge in [0.15, 0.2) is 6.30 Å². The highest BCUT2D eigenvalue weighted by Gasteiger charge is 2.15. The van der Waals surface area contributed by atoms with Crippen LogP contribution < -0.4 is 5.32 Å². The molecule has 4 rings (SSSR count). The van der Waals surface area contributed by atoms with Crippen LogP contribution in [0.1, 0.15) is 12.0 Å². The molecule has 1 aliphatic rings. The highest BCUT2D eigenvalue weighted by Crippen LogP contribution is 2.29. The maximum Gasteiger partial charge on any atom is 0.266 e. The van der Waals surface area contributed by atoms with Crippen LogP contribution in [-0.2, 0) is 6.54 Å². The molecule has 1 aliphatic heterocycles. The van der Waals surface area contributed by atoms with Crippen LogP contribution in [0.2, 0.25) is 0 Å². The van der Waals surface area contributed by atoms with Crippen molar-refractivity contribution in [2.24, 2.45) is 0 Å². The Bertz CT molecular complexity index is 1060. The minimum atomic E-state index is -2.90. The second-order valence-corrected chi connectivity index (χ2v) is 6.11. The number of allylic oxidation sites excluding steroid dienone is 2. The molecule has 0 amide bonds. The molecule has 0 fully saturated rings. The topological polar surface area (TPSA) is 42.7 Å². The van der Waals surface area contributed by atoms with Crippen molar-refractivity contribution in [3.8, 4) is 11.1 Å². The van der Waals surface area contributed by atoms with Gasteiger partial charge in [0.1, 0.15) is 11.3 Å². The van der Waals surface area contributed by atoms with E-state index in [1.54, 1.807) is 29.2 Å². The summed E-state index contributed by atoms with van der Waals surface area (Å²) in [5, 5.41) is 6.85. The average Bonchev–Trinajstić information content (AvgIpc) is 3.06. The first-order valence-electron chi connectivity index (χ1n) is 8.18. The molecule has 1 atom stereocenters. The van der Waals surface area contributed by atoms with Crippen LogP contribution in [0.4, 0.5) is 17.6 Å². The Morgan fingerprint density at radius 1 is 1.15 bits per heavy atom. The number of hydrogen-bond donors (Lipinski definition) is 1. The Morgan fingerprint density at radius 3 is 2.74 bits per heavy atom. The molecule has 27 heavy (non-hydrogen) atoms. The van der Waals surface area contributed by atoms with Crippen LogP contribution in [0.5, 0.6) is 0 Å². The van der Waals surface area contributed by atoms with Gasteiger partial charge >= 0.3 is 0 Å². The number of rotatable bonds is 4. The maximum atomic E-state index is 13.5. The van der Waals surface area contributed by atoms with E-state index in [0.29, 0.717) is 28.7 Å². The number of alkyl halides is 3. The van der Waals surface area contributed by atoms with E-state index in [1.165, 1.54) is 18.3 Å². The summed E-state index contributed by atoms with van der Waals surface area (Å²) >= 11 is 0. The number of halogens is 4. The summed E-state index contributed by atoms with van der Waals surface area (Å²) in [7, 11) is 0. The van der Waals surface area contributed by atoms with Gasteiger partial charge in [-0.15, -0.1) is 0 Å². The van der Waals surface area contributed by atoms with Gasteiger partial charge in [0, 0.05) is 18.0 Å². The zero-order chi connectivity index (χ0) is 19.0. The lowest BCUT2D eigenvalue weighted by Gasteiger charge is -2.12. The third-order valence-corrected chi connectivity index (χ3v) is 4.30. The summed E-state index contributed by atoms with van der Waals surface area (Å²) in [6, 6.07) is 5.34. The zero-order valence-electron chi connectivity index (χ0n) is 13.9. The lowest BCUT2D eigenvalue weighted by molar-refractivity contribution is 0.146.